The predicted octanol–water partition coefficient (Wildman–Crippen LogP) is -0.478. The Labute approximate surface area is 107 Å². The van der Waals surface area contributed by atoms with Gasteiger partial charge in [0, 0.05) is 18.9 Å². The Balaban J connectivity index is 2.01. The highest BCUT2D eigenvalue weighted by Gasteiger charge is 2.64. The molecule has 3 aliphatic rings. The number of aliphatic carboxylic acids is 1. The number of β-lactam (4-membered cyclic amide) rings is 1. The summed E-state index contributed by atoms with van der Waals surface area (Å²) in [4.78, 5) is 36.6. The number of methoxy groups -OCH3 is 1. The standard InChI is InChI=1S/C11H12N2O6/c1-19-5-2-4-3-12(11(17)18)8-6(4)13(9(8)14)7(5)10(15)16/h4,6,8H,2-3H2,1H3,(H,15,16)(H,17,18)/t4-,6-,8+/m1/s1. The molecule has 0 aromatic heterocycles. The number of amides is 2. The Bertz CT molecular complexity index is 527. The van der Waals surface area contributed by atoms with E-state index in [4.69, 9.17) is 9.84 Å². The maximum absolute atomic E-state index is 12.0. The summed E-state index contributed by atoms with van der Waals surface area (Å²) in [7, 11) is 1.35. The van der Waals surface area contributed by atoms with E-state index in [1.807, 2.05) is 0 Å². The first kappa shape index (κ1) is 11.8. The van der Waals surface area contributed by atoms with Gasteiger partial charge < -0.3 is 14.9 Å². The van der Waals surface area contributed by atoms with Gasteiger partial charge in [-0.05, 0) is 0 Å². The lowest BCUT2D eigenvalue weighted by atomic mass is 9.81. The fourth-order valence-electron chi connectivity index (χ4n) is 3.27. The van der Waals surface area contributed by atoms with Crippen molar-refractivity contribution in [2.45, 2.75) is 18.5 Å². The molecule has 0 spiro atoms. The highest BCUT2D eigenvalue weighted by Crippen LogP contribution is 2.46. The Morgan fingerprint density at radius 3 is 2.58 bits per heavy atom. The molecule has 2 N–H and O–H groups in total. The molecule has 0 bridgehead atoms. The van der Waals surface area contributed by atoms with Crippen LogP contribution in [0.15, 0.2) is 11.5 Å². The third-order valence-corrected chi connectivity index (χ3v) is 4.01. The lowest BCUT2D eigenvalue weighted by Crippen LogP contribution is -2.69. The quantitative estimate of drug-likeness (QED) is 0.655. The molecule has 3 aliphatic heterocycles. The average Bonchev–Trinajstić information content (AvgIpc) is 2.72. The first-order valence-corrected chi connectivity index (χ1v) is 5.80. The summed E-state index contributed by atoms with van der Waals surface area (Å²) in [6, 6.07) is -1.11. The fourth-order valence-corrected chi connectivity index (χ4v) is 3.27. The average molecular weight is 268 g/mol. The molecule has 2 saturated heterocycles. The molecular formula is C11H12N2O6. The van der Waals surface area contributed by atoms with Gasteiger partial charge in [-0.1, -0.05) is 0 Å². The van der Waals surface area contributed by atoms with Crippen LogP contribution in [0.25, 0.3) is 0 Å². The van der Waals surface area contributed by atoms with E-state index in [9.17, 15) is 19.5 Å². The van der Waals surface area contributed by atoms with Crippen LogP contribution in [0.2, 0.25) is 0 Å². The van der Waals surface area contributed by atoms with Crippen molar-refractivity contribution in [3.63, 3.8) is 0 Å². The molecular weight excluding hydrogens is 256 g/mol. The van der Waals surface area contributed by atoms with Crippen LogP contribution < -0.4 is 0 Å². The van der Waals surface area contributed by atoms with Crippen LogP contribution in [-0.4, -0.2) is 63.7 Å². The van der Waals surface area contributed by atoms with Gasteiger partial charge in [0.2, 0.25) is 0 Å². The molecule has 0 aromatic carbocycles. The number of rotatable bonds is 2. The second-order valence-corrected chi connectivity index (χ2v) is 4.82. The van der Waals surface area contributed by atoms with E-state index in [0.717, 1.165) is 4.90 Å². The van der Waals surface area contributed by atoms with Crippen molar-refractivity contribution < 1.29 is 29.3 Å². The van der Waals surface area contributed by atoms with E-state index < -0.39 is 24.0 Å². The van der Waals surface area contributed by atoms with Crippen molar-refractivity contribution in [2.24, 2.45) is 5.92 Å². The number of likely N-dealkylation sites (tertiary alicyclic amines) is 1. The number of carbonyl (C=O) groups excluding carboxylic acids is 1. The molecule has 0 aliphatic carbocycles. The molecule has 3 heterocycles. The van der Waals surface area contributed by atoms with E-state index in [0.29, 0.717) is 6.42 Å². The van der Waals surface area contributed by atoms with Gasteiger partial charge in [-0.15, -0.1) is 0 Å². The normalized spacial score (nSPS) is 32.1. The highest BCUT2D eigenvalue weighted by atomic mass is 16.5. The molecule has 2 amide bonds. The van der Waals surface area contributed by atoms with E-state index in [1.54, 1.807) is 0 Å². The second kappa shape index (κ2) is 3.62. The van der Waals surface area contributed by atoms with Crippen LogP contribution in [0, 0.1) is 5.92 Å². The van der Waals surface area contributed by atoms with Gasteiger partial charge in [0.25, 0.3) is 5.91 Å². The fraction of sp³-hybridized carbons (Fsp3) is 0.545. The summed E-state index contributed by atoms with van der Waals surface area (Å²) in [6.07, 6.45) is -0.810. The van der Waals surface area contributed by atoms with Crippen LogP contribution in [0.3, 0.4) is 0 Å². The zero-order valence-electron chi connectivity index (χ0n) is 10.1. The molecule has 8 nitrogen and oxygen atoms in total. The summed E-state index contributed by atoms with van der Waals surface area (Å²) in [6.45, 7) is 0.229. The molecule has 8 heteroatoms. The largest absolute Gasteiger partial charge is 0.499 e. The second-order valence-electron chi connectivity index (χ2n) is 4.82. The minimum atomic E-state index is -1.23. The molecule has 19 heavy (non-hydrogen) atoms. The maximum Gasteiger partial charge on any atom is 0.408 e. The van der Waals surface area contributed by atoms with Crippen LogP contribution in [-0.2, 0) is 14.3 Å². The third-order valence-electron chi connectivity index (χ3n) is 4.01. The Morgan fingerprint density at radius 2 is 2.05 bits per heavy atom. The van der Waals surface area contributed by atoms with Gasteiger partial charge in [0.15, 0.2) is 5.70 Å². The van der Waals surface area contributed by atoms with E-state index in [-0.39, 0.29) is 30.0 Å². The van der Waals surface area contributed by atoms with Crippen LogP contribution in [0.5, 0.6) is 0 Å². The zero-order chi connectivity index (χ0) is 13.9. The number of carboxylic acids is 1. The SMILES string of the molecule is COC1=C(C(=O)O)N2C(=O)[C@@H]3[C@H]2[C@H](C1)CN3C(=O)O. The van der Waals surface area contributed by atoms with Gasteiger partial charge >= 0.3 is 12.1 Å². The van der Waals surface area contributed by atoms with E-state index in [1.165, 1.54) is 12.0 Å². The first-order chi connectivity index (χ1) is 8.97. The molecule has 2 fully saturated rings. The van der Waals surface area contributed by atoms with Crippen molar-refractivity contribution in [3.8, 4) is 0 Å². The number of carbonyl (C=O) groups is 3. The minimum Gasteiger partial charge on any atom is -0.499 e. The lowest BCUT2D eigenvalue weighted by Gasteiger charge is -2.48. The number of hydrogen-bond acceptors (Lipinski definition) is 4. The van der Waals surface area contributed by atoms with Crippen molar-refractivity contribution in [1.82, 2.24) is 9.80 Å². The summed E-state index contributed by atoms with van der Waals surface area (Å²) >= 11 is 0. The summed E-state index contributed by atoms with van der Waals surface area (Å²) in [5.41, 5.74) is -0.155. The molecule has 3 atom stereocenters. The molecule has 0 radical (unpaired) electrons. The van der Waals surface area contributed by atoms with Gasteiger partial charge in [-0.25, -0.2) is 9.59 Å². The lowest BCUT2D eigenvalue weighted by molar-refractivity contribution is -0.157. The van der Waals surface area contributed by atoms with Crippen LogP contribution in [0.1, 0.15) is 6.42 Å². The number of carboxylic acid groups (broad SMARTS) is 2. The molecule has 3 rings (SSSR count). The number of allylic oxidation sites excluding steroid dienone is 1. The Hall–Kier alpha value is -2.25. The Kier molecular flexibility index (Phi) is 2.25. The number of nitrogens with zero attached hydrogens (tertiary/aromatic N) is 2. The minimum absolute atomic E-state index is 0.100. The third kappa shape index (κ3) is 1.31. The summed E-state index contributed by atoms with van der Waals surface area (Å²) in [5, 5.41) is 18.3. The van der Waals surface area contributed by atoms with Gasteiger partial charge in [0.05, 0.1) is 13.2 Å². The number of ether oxygens (including phenoxy) is 1. The predicted molar refractivity (Wildman–Crippen MR) is 58.9 cm³/mol. The summed E-state index contributed by atoms with van der Waals surface area (Å²) < 4.78 is 5.05. The molecule has 0 unspecified atom stereocenters. The smallest absolute Gasteiger partial charge is 0.408 e. The van der Waals surface area contributed by atoms with E-state index >= 15 is 0 Å². The molecule has 102 valence electrons. The maximum atomic E-state index is 12.0. The summed E-state index contributed by atoms with van der Waals surface area (Å²) in [5.74, 6) is -1.58. The van der Waals surface area contributed by atoms with Crippen molar-refractivity contribution in [3.05, 3.63) is 11.5 Å². The first-order valence-electron chi connectivity index (χ1n) is 5.80. The molecule has 0 aromatic rings. The van der Waals surface area contributed by atoms with Gasteiger partial charge in [0.1, 0.15) is 11.8 Å². The number of hydrogen-bond donors (Lipinski definition) is 2. The topological polar surface area (TPSA) is 107 Å². The molecule has 0 saturated carbocycles. The van der Waals surface area contributed by atoms with Crippen molar-refractivity contribution in [2.75, 3.05) is 13.7 Å². The van der Waals surface area contributed by atoms with E-state index in [2.05, 4.69) is 0 Å². The Morgan fingerprint density at radius 1 is 1.37 bits per heavy atom. The van der Waals surface area contributed by atoms with Gasteiger partial charge in [-0.3, -0.25) is 14.6 Å². The highest BCUT2D eigenvalue weighted by molar-refractivity contribution is 6.01. The van der Waals surface area contributed by atoms with Crippen LogP contribution >= 0.6 is 0 Å². The van der Waals surface area contributed by atoms with Gasteiger partial charge in [-0.2, -0.15) is 0 Å². The monoisotopic (exact) mass is 268 g/mol. The van der Waals surface area contributed by atoms with Crippen LogP contribution in [0.4, 0.5) is 4.79 Å². The zero-order valence-corrected chi connectivity index (χ0v) is 10.1. The van der Waals surface area contributed by atoms with Crippen molar-refractivity contribution in [1.29, 1.82) is 0 Å². The van der Waals surface area contributed by atoms with Crippen molar-refractivity contribution >= 4 is 18.0 Å².